The van der Waals surface area contributed by atoms with Gasteiger partial charge in [-0.25, -0.2) is 0 Å². The van der Waals surface area contributed by atoms with Crippen molar-refractivity contribution in [3.63, 3.8) is 0 Å². The van der Waals surface area contributed by atoms with Crippen LogP contribution in [-0.4, -0.2) is 12.2 Å². The van der Waals surface area contributed by atoms with Gasteiger partial charge in [-0.2, -0.15) is 0 Å². The fraction of sp³-hybridized carbons (Fsp3) is 0. The Bertz CT molecular complexity index is 941. The summed E-state index contributed by atoms with van der Waals surface area (Å²) in [6.45, 7) is 0. The minimum atomic E-state index is -0.448. The maximum Gasteiger partial charge on any atom is 0.248 e. The second-order valence-electron chi connectivity index (χ2n) is 5.18. The van der Waals surface area contributed by atoms with Gasteiger partial charge in [0.1, 0.15) is 0 Å². The summed E-state index contributed by atoms with van der Waals surface area (Å²) < 4.78 is 0. The van der Waals surface area contributed by atoms with Gasteiger partial charge in [0, 0.05) is 16.7 Å². The zero-order valence-corrected chi connectivity index (χ0v) is 11.1. The summed E-state index contributed by atoms with van der Waals surface area (Å²) in [5.41, 5.74) is 10.5. The van der Waals surface area contributed by atoms with E-state index in [9.17, 15) is 9.59 Å². The molecule has 0 aliphatic heterocycles. The highest BCUT2D eigenvalue weighted by Gasteiger charge is 2.25. The van der Waals surface area contributed by atoms with Crippen LogP contribution in [0.25, 0.3) is 33.0 Å². The lowest BCUT2D eigenvalue weighted by molar-refractivity contribution is 0.1000. The monoisotopic (exact) mass is 273 g/mol. The Balaban J connectivity index is 2.16. The summed E-state index contributed by atoms with van der Waals surface area (Å²) in [6, 6.07) is 15.3. The third-order valence-corrected chi connectivity index (χ3v) is 4.07. The smallest absolute Gasteiger partial charge is 0.248 e. The van der Waals surface area contributed by atoms with Crippen LogP contribution >= 0.6 is 0 Å². The molecule has 2 bridgehead atoms. The zero-order chi connectivity index (χ0) is 14.6. The number of benzene rings is 3. The third kappa shape index (κ3) is 1.48. The van der Waals surface area contributed by atoms with Gasteiger partial charge in [0.05, 0.1) is 0 Å². The zero-order valence-electron chi connectivity index (χ0n) is 11.1. The molecule has 0 fully saturated rings. The van der Waals surface area contributed by atoms with Crippen molar-refractivity contribution >= 4 is 23.0 Å². The number of nitrogens with two attached hydrogens (primary N) is 1. The van der Waals surface area contributed by atoms with E-state index < -0.39 is 5.91 Å². The first-order valence-corrected chi connectivity index (χ1v) is 6.66. The molecule has 1 aliphatic carbocycles. The number of fused-ring (bicyclic) bond motifs is 7. The van der Waals surface area contributed by atoms with Crippen molar-refractivity contribution in [2.75, 3.05) is 0 Å². The Labute approximate surface area is 121 Å². The number of carbonyl (C=O) groups excluding carboxylic acids is 2. The number of primary amides is 1. The van der Waals surface area contributed by atoms with Gasteiger partial charge in [0.15, 0.2) is 6.29 Å². The standard InChI is InChI=1S/C18H11NO2/c19-18(21)10-5-6-12-11(7-10)8-15-13-3-1-2-4-14(13)17(12)16(15)9-20/h1-9H,(H2,19,21). The number of rotatable bonds is 2. The van der Waals surface area contributed by atoms with Gasteiger partial charge in [-0.3, -0.25) is 9.59 Å². The van der Waals surface area contributed by atoms with Crippen LogP contribution in [-0.2, 0) is 0 Å². The molecule has 0 heterocycles. The molecule has 3 aromatic rings. The first-order chi connectivity index (χ1) is 10.2. The topological polar surface area (TPSA) is 60.2 Å². The Kier molecular flexibility index (Phi) is 2.27. The highest BCUT2D eigenvalue weighted by Crippen LogP contribution is 2.48. The van der Waals surface area contributed by atoms with Crippen molar-refractivity contribution in [3.8, 4) is 22.3 Å². The molecule has 0 aromatic heterocycles. The molecule has 100 valence electrons. The average Bonchev–Trinajstić information content (AvgIpc) is 2.74. The number of hydrogen-bond acceptors (Lipinski definition) is 2. The predicted molar refractivity (Wildman–Crippen MR) is 82.3 cm³/mol. The Morgan fingerprint density at radius 1 is 0.952 bits per heavy atom. The number of hydrogen-bond donors (Lipinski definition) is 1. The molecular formula is C18H11NO2. The van der Waals surface area contributed by atoms with E-state index in [1.54, 1.807) is 12.1 Å². The van der Waals surface area contributed by atoms with E-state index in [0.29, 0.717) is 5.56 Å². The summed E-state index contributed by atoms with van der Waals surface area (Å²) in [4.78, 5) is 22.8. The van der Waals surface area contributed by atoms with Crippen molar-refractivity contribution in [2.24, 2.45) is 5.73 Å². The van der Waals surface area contributed by atoms with E-state index in [4.69, 9.17) is 5.73 Å². The number of carbonyl (C=O) groups is 2. The summed E-state index contributed by atoms with van der Waals surface area (Å²) in [5, 5.41) is 1.90. The van der Waals surface area contributed by atoms with Crippen molar-refractivity contribution in [1.82, 2.24) is 0 Å². The average molecular weight is 273 g/mol. The van der Waals surface area contributed by atoms with Crippen LogP contribution in [0, 0.1) is 0 Å². The van der Waals surface area contributed by atoms with Crippen LogP contribution in [0.15, 0.2) is 48.5 Å². The van der Waals surface area contributed by atoms with Crippen LogP contribution in [0.2, 0.25) is 0 Å². The molecular weight excluding hydrogens is 262 g/mol. The van der Waals surface area contributed by atoms with E-state index in [-0.39, 0.29) is 0 Å². The van der Waals surface area contributed by atoms with Crippen molar-refractivity contribution in [3.05, 3.63) is 59.7 Å². The highest BCUT2D eigenvalue weighted by molar-refractivity contribution is 6.17. The molecule has 0 spiro atoms. The lowest BCUT2D eigenvalue weighted by Gasteiger charge is -2.06. The Morgan fingerprint density at radius 2 is 1.71 bits per heavy atom. The van der Waals surface area contributed by atoms with Crippen LogP contribution in [0.1, 0.15) is 20.7 Å². The minimum Gasteiger partial charge on any atom is -0.366 e. The van der Waals surface area contributed by atoms with Gasteiger partial charge in [-0.05, 0) is 45.7 Å². The first-order valence-electron chi connectivity index (χ1n) is 6.66. The summed E-state index contributed by atoms with van der Waals surface area (Å²) in [5.74, 6) is -0.448. The molecule has 3 aromatic carbocycles. The number of amides is 1. The molecule has 1 amide bonds. The molecule has 0 radical (unpaired) electrons. The van der Waals surface area contributed by atoms with Gasteiger partial charge in [-0.15, -0.1) is 0 Å². The SMILES string of the molecule is NC(=O)c1ccc2c3c(C=O)c(cc2c1)-c1ccccc1-3. The van der Waals surface area contributed by atoms with E-state index in [2.05, 4.69) is 0 Å². The minimum absolute atomic E-state index is 0.448. The van der Waals surface area contributed by atoms with Gasteiger partial charge in [-0.1, -0.05) is 30.3 Å². The van der Waals surface area contributed by atoms with E-state index in [0.717, 1.165) is 44.9 Å². The molecule has 2 N–H and O–H groups in total. The molecule has 0 unspecified atom stereocenters. The highest BCUT2D eigenvalue weighted by atomic mass is 16.1. The van der Waals surface area contributed by atoms with Crippen molar-refractivity contribution in [1.29, 1.82) is 0 Å². The van der Waals surface area contributed by atoms with Crippen LogP contribution in [0.4, 0.5) is 0 Å². The van der Waals surface area contributed by atoms with Crippen LogP contribution in [0.5, 0.6) is 0 Å². The van der Waals surface area contributed by atoms with Gasteiger partial charge in [0.25, 0.3) is 0 Å². The number of aldehydes is 1. The van der Waals surface area contributed by atoms with E-state index in [1.165, 1.54) is 0 Å². The summed E-state index contributed by atoms with van der Waals surface area (Å²) in [7, 11) is 0. The molecule has 0 saturated carbocycles. The third-order valence-electron chi connectivity index (χ3n) is 4.07. The molecule has 3 nitrogen and oxygen atoms in total. The van der Waals surface area contributed by atoms with Crippen LogP contribution in [0.3, 0.4) is 0 Å². The molecule has 3 heteroatoms. The van der Waals surface area contributed by atoms with Crippen molar-refractivity contribution < 1.29 is 9.59 Å². The molecule has 0 atom stereocenters. The molecule has 0 saturated heterocycles. The lowest BCUT2D eigenvalue weighted by Crippen LogP contribution is -2.10. The fourth-order valence-electron chi connectivity index (χ4n) is 3.15. The normalized spacial score (nSPS) is 11.4. The fourth-order valence-corrected chi connectivity index (χ4v) is 3.15. The molecule has 21 heavy (non-hydrogen) atoms. The Hall–Kier alpha value is -2.94. The second kappa shape index (κ2) is 4.03. The van der Waals surface area contributed by atoms with E-state index >= 15 is 0 Å². The molecule has 1 aliphatic rings. The maximum absolute atomic E-state index is 11.5. The predicted octanol–water partition coefficient (Wildman–Crippen LogP) is 3.40. The van der Waals surface area contributed by atoms with Crippen LogP contribution < -0.4 is 5.73 Å². The largest absolute Gasteiger partial charge is 0.366 e. The van der Waals surface area contributed by atoms with Gasteiger partial charge < -0.3 is 5.73 Å². The van der Waals surface area contributed by atoms with Crippen molar-refractivity contribution in [2.45, 2.75) is 0 Å². The maximum atomic E-state index is 11.5. The quantitative estimate of drug-likeness (QED) is 0.569. The first kappa shape index (κ1) is 11.9. The summed E-state index contributed by atoms with van der Waals surface area (Å²) in [6.07, 6.45) is 0.909. The second-order valence-corrected chi connectivity index (χ2v) is 5.18. The van der Waals surface area contributed by atoms with Gasteiger partial charge in [0.2, 0.25) is 5.91 Å². The summed E-state index contributed by atoms with van der Waals surface area (Å²) >= 11 is 0. The van der Waals surface area contributed by atoms with E-state index in [1.807, 2.05) is 36.4 Å². The Morgan fingerprint density at radius 3 is 2.43 bits per heavy atom. The lowest BCUT2D eigenvalue weighted by atomic mass is 9.97. The van der Waals surface area contributed by atoms with Gasteiger partial charge >= 0.3 is 0 Å². The molecule has 4 rings (SSSR count).